The van der Waals surface area contributed by atoms with Crippen LogP contribution in [0.5, 0.6) is 11.6 Å². The van der Waals surface area contributed by atoms with Crippen LogP contribution in [0.25, 0.3) is 0 Å². The van der Waals surface area contributed by atoms with Gasteiger partial charge in [-0.15, -0.1) is 0 Å². The number of rotatable bonds is 5. The number of sulfonamides is 1. The third-order valence-corrected chi connectivity index (χ3v) is 6.11. The molecule has 1 aliphatic rings. The molecule has 25 heavy (non-hydrogen) atoms. The van der Waals surface area contributed by atoms with E-state index in [4.69, 9.17) is 9.47 Å². The van der Waals surface area contributed by atoms with Crippen LogP contribution in [-0.4, -0.2) is 51.6 Å². The van der Waals surface area contributed by atoms with Crippen molar-refractivity contribution in [3.8, 4) is 11.6 Å². The van der Waals surface area contributed by atoms with E-state index < -0.39 is 10.0 Å². The van der Waals surface area contributed by atoms with Crippen LogP contribution in [0.4, 0.5) is 0 Å². The predicted molar refractivity (Wildman–Crippen MR) is 93.3 cm³/mol. The lowest BCUT2D eigenvalue weighted by Crippen LogP contribution is -2.48. The van der Waals surface area contributed by atoms with Crippen molar-refractivity contribution in [1.82, 2.24) is 14.6 Å². The summed E-state index contributed by atoms with van der Waals surface area (Å²) in [7, 11) is -0.614. The molecule has 8 heteroatoms. The first-order valence-corrected chi connectivity index (χ1v) is 9.37. The van der Waals surface area contributed by atoms with Gasteiger partial charge in [-0.3, -0.25) is 0 Å². The van der Waals surface area contributed by atoms with E-state index in [2.05, 4.69) is 10.3 Å². The van der Waals surface area contributed by atoms with E-state index in [9.17, 15) is 8.42 Å². The summed E-state index contributed by atoms with van der Waals surface area (Å²) in [6.45, 7) is 1.48. The quantitative estimate of drug-likeness (QED) is 0.866. The van der Waals surface area contributed by atoms with E-state index in [1.807, 2.05) is 24.3 Å². The van der Waals surface area contributed by atoms with Crippen molar-refractivity contribution in [2.24, 2.45) is 0 Å². The fraction of sp³-hybridized carbons (Fsp3) is 0.353. The summed E-state index contributed by atoms with van der Waals surface area (Å²) in [5.74, 6) is 1.05. The second-order valence-corrected chi connectivity index (χ2v) is 7.50. The molecule has 1 aromatic carbocycles. The molecule has 0 amide bonds. The van der Waals surface area contributed by atoms with Crippen molar-refractivity contribution in [2.75, 3.05) is 33.9 Å². The third-order valence-electron chi connectivity index (χ3n) is 4.22. The van der Waals surface area contributed by atoms with Gasteiger partial charge in [-0.1, -0.05) is 18.2 Å². The molecule has 0 radical (unpaired) electrons. The maximum Gasteiger partial charge on any atom is 0.245 e. The number of nitrogens with one attached hydrogen (secondary N) is 1. The minimum atomic E-state index is -3.69. The average molecular weight is 363 g/mol. The van der Waals surface area contributed by atoms with E-state index >= 15 is 0 Å². The van der Waals surface area contributed by atoms with Crippen molar-refractivity contribution in [2.45, 2.75) is 10.9 Å². The summed E-state index contributed by atoms with van der Waals surface area (Å²) in [5, 5.41) is 3.26. The number of benzene rings is 1. The Balaban J connectivity index is 1.99. The van der Waals surface area contributed by atoms with Crippen molar-refractivity contribution in [1.29, 1.82) is 0 Å². The number of methoxy groups -OCH3 is 2. The van der Waals surface area contributed by atoms with Crippen LogP contribution in [0.3, 0.4) is 0 Å². The maximum atomic E-state index is 13.1. The fourth-order valence-corrected chi connectivity index (χ4v) is 4.51. The van der Waals surface area contributed by atoms with Gasteiger partial charge in [-0.25, -0.2) is 13.4 Å². The lowest BCUT2D eigenvalue weighted by molar-refractivity contribution is 0.264. The van der Waals surface area contributed by atoms with Crippen LogP contribution in [0.15, 0.2) is 47.5 Å². The van der Waals surface area contributed by atoms with Crippen LogP contribution in [0.1, 0.15) is 11.6 Å². The number of hydrogen-bond acceptors (Lipinski definition) is 6. The lowest BCUT2D eigenvalue weighted by Gasteiger charge is -2.35. The first kappa shape index (κ1) is 17.7. The van der Waals surface area contributed by atoms with E-state index in [1.54, 1.807) is 13.2 Å². The highest BCUT2D eigenvalue weighted by atomic mass is 32.2. The van der Waals surface area contributed by atoms with Crippen molar-refractivity contribution in [3.63, 3.8) is 0 Å². The van der Waals surface area contributed by atoms with Crippen molar-refractivity contribution in [3.05, 3.63) is 48.2 Å². The molecule has 2 heterocycles. The summed E-state index contributed by atoms with van der Waals surface area (Å²) in [6.07, 6.45) is 1.33. The minimum absolute atomic E-state index is 0.148. The predicted octanol–water partition coefficient (Wildman–Crippen LogP) is 1.43. The van der Waals surface area contributed by atoms with Crippen LogP contribution >= 0.6 is 0 Å². The minimum Gasteiger partial charge on any atom is -0.496 e. The highest BCUT2D eigenvalue weighted by Gasteiger charge is 2.35. The van der Waals surface area contributed by atoms with Crippen molar-refractivity contribution >= 4 is 10.0 Å². The summed E-state index contributed by atoms with van der Waals surface area (Å²) in [4.78, 5) is 4.17. The number of pyridine rings is 1. The molecule has 134 valence electrons. The van der Waals surface area contributed by atoms with Crippen LogP contribution in [0.2, 0.25) is 0 Å². The first-order valence-electron chi connectivity index (χ1n) is 7.93. The van der Waals surface area contributed by atoms with Gasteiger partial charge in [0.25, 0.3) is 0 Å². The second kappa shape index (κ2) is 7.38. The van der Waals surface area contributed by atoms with Gasteiger partial charge in [0, 0.05) is 31.3 Å². The highest BCUT2D eigenvalue weighted by molar-refractivity contribution is 7.89. The zero-order valence-corrected chi connectivity index (χ0v) is 15.0. The smallest absolute Gasteiger partial charge is 0.245 e. The Kier molecular flexibility index (Phi) is 5.22. The molecule has 1 fully saturated rings. The van der Waals surface area contributed by atoms with Gasteiger partial charge in [-0.05, 0) is 12.1 Å². The number of aromatic nitrogens is 1. The topological polar surface area (TPSA) is 80.8 Å². The van der Waals surface area contributed by atoms with Gasteiger partial charge in [-0.2, -0.15) is 4.31 Å². The molecule has 0 spiro atoms. The number of hydrogen-bond donors (Lipinski definition) is 1. The monoisotopic (exact) mass is 363 g/mol. The molecule has 1 atom stereocenters. The maximum absolute atomic E-state index is 13.1. The molecule has 1 N–H and O–H groups in total. The number of para-hydroxylation sites is 1. The van der Waals surface area contributed by atoms with Gasteiger partial charge >= 0.3 is 0 Å². The molecule has 3 rings (SSSR count). The SMILES string of the molecule is COc1ccc(S(=O)(=O)N2CCNCC2c2ccccc2OC)cn1. The molecule has 7 nitrogen and oxygen atoms in total. The zero-order chi connectivity index (χ0) is 17.9. The van der Waals surface area contributed by atoms with E-state index in [0.29, 0.717) is 31.3 Å². The van der Waals surface area contributed by atoms with Gasteiger partial charge < -0.3 is 14.8 Å². The molecular weight excluding hydrogens is 342 g/mol. The number of piperazine rings is 1. The standard InChI is InChI=1S/C17H21N3O4S/c1-23-16-6-4-3-5-14(16)15-12-18-9-10-20(15)25(21,22)13-7-8-17(24-2)19-11-13/h3-8,11,15,18H,9-10,12H2,1-2H3. The van der Waals surface area contributed by atoms with Gasteiger partial charge in [0.1, 0.15) is 10.6 Å². The molecule has 0 saturated carbocycles. The Labute approximate surface area is 147 Å². The molecule has 2 aromatic rings. The Morgan fingerprint density at radius 3 is 2.64 bits per heavy atom. The van der Waals surface area contributed by atoms with Gasteiger partial charge in [0.2, 0.25) is 15.9 Å². The van der Waals surface area contributed by atoms with Crippen LogP contribution < -0.4 is 14.8 Å². The summed E-state index contributed by atoms with van der Waals surface area (Å²) in [5.41, 5.74) is 0.835. The molecular formula is C17H21N3O4S. The lowest BCUT2D eigenvalue weighted by atomic mass is 10.0. The Bertz CT molecular complexity index is 824. The summed E-state index contributed by atoms with van der Waals surface area (Å²) >= 11 is 0. The molecule has 0 bridgehead atoms. The van der Waals surface area contributed by atoms with Crippen LogP contribution in [-0.2, 0) is 10.0 Å². The highest BCUT2D eigenvalue weighted by Crippen LogP contribution is 2.33. The fourth-order valence-electron chi connectivity index (χ4n) is 2.96. The van der Waals surface area contributed by atoms with E-state index in [1.165, 1.54) is 23.7 Å². The average Bonchev–Trinajstić information content (AvgIpc) is 2.68. The largest absolute Gasteiger partial charge is 0.496 e. The number of nitrogens with zero attached hydrogens (tertiary/aromatic N) is 2. The Hall–Kier alpha value is -2.16. The third kappa shape index (κ3) is 3.46. The van der Waals surface area contributed by atoms with Gasteiger partial charge in [0.15, 0.2) is 0 Å². The first-order chi connectivity index (χ1) is 12.1. The van der Waals surface area contributed by atoms with E-state index in [0.717, 1.165) is 5.56 Å². The molecule has 0 aliphatic carbocycles. The Morgan fingerprint density at radius 1 is 1.16 bits per heavy atom. The molecule has 1 saturated heterocycles. The molecule has 1 aliphatic heterocycles. The normalized spacial score (nSPS) is 18.7. The van der Waals surface area contributed by atoms with Crippen molar-refractivity contribution < 1.29 is 17.9 Å². The summed E-state index contributed by atoms with van der Waals surface area (Å²) in [6, 6.07) is 10.2. The zero-order valence-electron chi connectivity index (χ0n) is 14.2. The number of ether oxygens (including phenoxy) is 2. The second-order valence-electron chi connectivity index (χ2n) is 5.61. The van der Waals surface area contributed by atoms with Gasteiger partial charge in [0.05, 0.1) is 26.5 Å². The Morgan fingerprint density at radius 2 is 1.96 bits per heavy atom. The molecule has 1 aromatic heterocycles. The van der Waals surface area contributed by atoms with Crippen LogP contribution in [0, 0.1) is 0 Å². The van der Waals surface area contributed by atoms with E-state index in [-0.39, 0.29) is 10.9 Å². The summed E-state index contributed by atoms with van der Waals surface area (Å²) < 4.78 is 38.2. The molecule has 1 unspecified atom stereocenters.